The highest BCUT2D eigenvalue weighted by atomic mass is 16.6. The number of aliphatic hydroxyl groups is 1. The van der Waals surface area contributed by atoms with Crippen molar-refractivity contribution in [2.45, 2.75) is 37.9 Å². The maximum atomic E-state index is 13.3. The molecule has 5 rings (SSSR count). The molecule has 0 saturated carbocycles. The first-order valence-electron chi connectivity index (χ1n) is 10.8. The molecule has 33 heavy (non-hydrogen) atoms. The monoisotopic (exact) mass is 448 g/mol. The number of hydrazine groups is 1. The fourth-order valence-electron chi connectivity index (χ4n) is 4.79. The minimum absolute atomic E-state index is 0.0330. The van der Waals surface area contributed by atoms with Gasteiger partial charge in [0.1, 0.15) is 18.3 Å². The molecular formula is C24H24N4O5. The summed E-state index contributed by atoms with van der Waals surface area (Å²) in [6, 6.07) is 17.1. The highest BCUT2D eigenvalue weighted by Gasteiger charge is 2.68. The summed E-state index contributed by atoms with van der Waals surface area (Å²) >= 11 is 0. The van der Waals surface area contributed by atoms with E-state index in [4.69, 9.17) is 4.74 Å². The van der Waals surface area contributed by atoms with Crippen molar-refractivity contribution < 1.29 is 24.2 Å². The molecule has 3 heterocycles. The number of urea groups is 1. The molecule has 0 aromatic heterocycles. The van der Waals surface area contributed by atoms with Crippen LogP contribution in [-0.2, 0) is 22.7 Å². The van der Waals surface area contributed by atoms with Gasteiger partial charge in [0.2, 0.25) is 0 Å². The molecule has 9 heteroatoms. The lowest BCUT2D eigenvalue weighted by Crippen LogP contribution is -2.76. The molecule has 0 unspecified atom stereocenters. The Balaban J connectivity index is 1.49. The molecule has 3 aliphatic heterocycles. The topological polar surface area (TPSA) is 93.6 Å². The van der Waals surface area contributed by atoms with Crippen LogP contribution < -0.4 is 0 Å². The molecule has 1 N–H and O–H groups in total. The predicted molar refractivity (Wildman–Crippen MR) is 117 cm³/mol. The minimum atomic E-state index is -2.12. The Morgan fingerprint density at radius 1 is 1.06 bits per heavy atom. The molecule has 3 fully saturated rings. The van der Waals surface area contributed by atoms with Crippen LogP contribution in [0, 0.1) is 0 Å². The number of rotatable bonds is 4. The Kier molecular flexibility index (Phi) is 5.05. The van der Waals surface area contributed by atoms with Crippen molar-refractivity contribution in [2.24, 2.45) is 0 Å². The number of nitrogens with zero attached hydrogens (tertiary/aromatic N) is 4. The number of fused-ring (bicyclic) bond motifs is 3. The summed E-state index contributed by atoms with van der Waals surface area (Å²) < 4.78 is 5.44. The molecule has 2 atom stereocenters. The molecule has 0 spiro atoms. The van der Waals surface area contributed by atoms with Crippen LogP contribution in [0.15, 0.2) is 72.9 Å². The van der Waals surface area contributed by atoms with Crippen molar-refractivity contribution >= 4 is 18.0 Å². The number of amides is 4. The Morgan fingerprint density at radius 2 is 1.70 bits per heavy atom. The van der Waals surface area contributed by atoms with Gasteiger partial charge in [-0.3, -0.25) is 4.79 Å². The van der Waals surface area contributed by atoms with Gasteiger partial charge in [-0.1, -0.05) is 67.2 Å². The van der Waals surface area contributed by atoms with E-state index in [1.807, 2.05) is 48.5 Å². The molecule has 9 nitrogen and oxygen atoms in total. The van der Waals surface area contributed by atoms with Crippen molar-refractivity contribution in [2.75, 3.05) is 6.54 Å². The zero-order chi connectivity index (χ0) is 23.2. The second kappa shape index (κ2) is 7.93. The summed E-state index contributed by atoms with van der Waals surface area (Å²) in [5.74, 6) is -2.84. The van der Waals surface area contributed by atoms with Gasteiger partial charge in [-0.2, -0.15) is 5.01 Å². The largest absolute Gasteiger partial charge is 0.444 e. The van der Waals surface area contributed by atoms with Crippen LogP contribution >= 0.6 is 0 Å². The van der Waals surface area contributed by atoms with E-state index in [1.165, 1.54) is 9.91 Å². The zero-order valence-electron chi connectivity index (χ0n) is 18.0. The summed E-state index contributed by atoms with van der Waals surface area (Å²) in [5.41, 5.74) is 1.29. The Labute approximate surface area is 191 Å². The normalized spacial score (nSPS) is 24.3. The first-order chi connectivity index (χ1) is 15.9. The van der Waals surface area contributed by atoms with Crippen molar-refractivity contribution in [1.82, 2.24) is 19.8 Å². The first-order valence-corrected chi connectivity index (χ1v) is 10.8. The Hall–Kier alpha value is -3.85. The SMILES string of the molecule is C=C1C(=O)N2N(Cc3ccccc3)C(=O)N3CCC[C@H]3[C@]2(O)N1C(=O)OCc1ccccc1. The molecular weight excluding hydrogens is 424 g/mol. The number of hydrogen-bond donors (Lipinski definition) is 1. The van der Waals surface area contributed by atoms with E-state index >= 15 is 0 Å². The van der Waals surface area contributed by atoms with Gasteiger partial charge in [-0.05, 0) is 24.0 Å². The summed E-state index contributed by atoms with van der Waals surface area (Å²) in [7, 11) is 0. The Morgan fingerprint density at radius 3 is 2.36 bits per heavy atom. The number of carbonyl (C=O) groups excluding carboxylic acids is 3. The quantitative estimate of drug-likeness (QED) is 0.726. The summed E-state index contributed by atoms with van der Waals surface area (Å²) in [5, 5.41) is 14.1. The van der Waals surface area contributed by atoms with Crippen molar-refractivity contribution in [3.8, 4) is 0 Å². The summed E-state index contributed by atoms with van der Waals surface area (Å²) in [6.45, 7) is 4.20. The van der Waals surface area contributed by atoms with Crippen LogP contribution in [0.25, 0.3) is 0 Å². The Bertz CT molecular complexity index is 1110. The van der Waals surface area contributed by atoms with Crippen LogP contribution in [0.5, 0.6) is 0 Å². The average molecular weight is 448 g/mol. The van der Waals surface area contributed by atoms with E-state index in [-0.39, 0.29) is 18.8 Å². The van der Waals surface area contributed by atoms with Gasteiger partial charge in [0.25, 0.3) is 11.8 Å². The fourth-order valence-corrected chi connectivity index (χ4v) is 4.79. The third kappa shape index (κ3) is 3.23. The van der Waals surface area contributed by atoms with E-state index in [1.54, 1.807) is 12.1 Å². The van der Waals surface area contributed by atoms with Gasteiger partial charge >= 0.3 is 12.1 Å². The van der Waals surface area contributed by atoms with Gasteiger partial charge in [0.15, 0.2) is 0 Å². The molecule has 2 aromatic rings. The van der Waals surface area contributed by atoms with Crippen LogP contribution in [-0.4, -0.2) is 61.4 Å². The van der Waals surface area contributed by atoms with E-state index in [2.05, 4.69) is 6.58 Å². The fraction of sp³-hybridized carbons (Fsp3) is 0.292. The van der Waals surface area contributed by atoms with Gasteiger partial charge in [0.05, 0.1) is 6.54 Å². The summed E-state index contributed by atoms with van der Waals surface area (Å²) in [6.07, 6.45) is 0.170. The van der Waals surface area contributed by atoms with E-state index in [0.717, 1.165) is 21.0 Å². The smallest absolute Gasteiger partial charge is 0.418 e. The van der Waals surface area contributed by atoms with Gasteiger partial charge in [-0.25, -0.2) is 19.5 Å². The van der Waals surface area contributed by atoms with Crippen LogP contribution in [0.1, 0.15) is 24.0 Å². The molecule has 2 aromatic carbocycles. The molecule has 0 aliphatic carbocycles. The predicted octanol–water partition coefficient (Wildman–Crippen LogP) is 2.64. The summed E-state index contributed by atoms with van der Waals surface area (Å²) in [4.78, 5) is 42.2. The molecule has 0 bridgehead atoms. The molecule has 0 radical (unpaired) electrons. The van der Waals surface area contributed by atoms with Crippen LogP contribution in [0.2, 0.25) is 0 Å². The van der Waals surface area contributed by atoms with Crippen molar-refractivity contribution in [3.05, 3.63) is 84.1 Å². The van der Waals surface area contributed by atoms with Crippen molar-refractivity contribution in [3.63, 3.8) is 0 Å². The maximum Gasteiger partial charge on any atom is 0.418 e. The highest BCUT2D eigenvalue weighted by molar-refractivity contribution is 6.01. The van der Waals surface area contributed by atoms with E-state index in [0.29, 0.717) is 19.4 Å². The maximum absolute atomic E-state index is 13.3. The molecule has 3 aliphatic rings. The van der Waals surface area contributed by atoms with Crippen molar-refractivity contribution in [1.29, 1.82) is 0 Å². The molecule has 170 valence electrons. The average Bonchev–Trinajstić information content (AvgIpc) is 3.40. The number of carbonyl (C=O) groups is 3. The standard InChI is InChI=1S/C24H24N4O5/c1-17-21(29)28-24(32,27(17)23(31)33-16-19-11-6-3-7-12-19)20-13-8-14-25(20)22(30)26(28)15-18-9-4-2-5-10-18/h2-7,9-12,20,32H,1,8,13-16H2/t20-,24-/m0/s1. The van der Waals surface area contributed by atoms with Crippen LogP contribution in [0.3, 0.4) is 0 Å². The number of hydrogen-bond acceptors (Lipinski definition) is 5. The van der Waals surface area contributed by atoms with E-state index < -0.39 is 29.9 Å². The number of ether oxygens (including phenoxy) is 1. The third-order valence-corrected chi connectivity index (χ3v) is 6.32. The van der Waals surface area contributed by atoms with Crippen LogP contribution in [0.4, 0.5) is 9.59 Å². The third-order valence-electron chi connectivity index (χ3n) is 6.32. The highest BCUT2D eigenvalue weighted by Crippen LogP contribution is 2.45. The lowest BCUT2D eigenvalue weighted by molar-refractivity contribution is -0.264. The second-order valence-electron chi connectivity index (χ2n) is 8.30. The zero-order valence-corrected chi connectivity index (χ0v) is 18.0. The molecule has 3 saturated heterocycles. The minimum Gasteiger partial charge on any atom is -0.444 e. The first kappa shape index (κ1) is 21.0. The van der Waals surface area contributed by atoms with Gasteiger partial charge < -0.3 is 14.7 Å². The number of benzene rings is 2. The lowest BCUT2D eigenvalue weighted by Gasteiger charge is -2.52. The van der Waals surface area contributed by atoms with Gasteiger partial charge in [-0.15, -0.1) is 0 Å². The van der Waals surface area contributed by atoms with E-state index in [9.17, 15) is 19.5 Å². The lowest BCUT2D eigenvalue weighted by atomic mass is 10.1. The second-order valence-corrected chi connectivity index (χ2v) is 8.30. The van der Waals surface area contributed by atoms with Gasteiger partial charge in [0, 0.05) is 6.54 Å². The molecule has 4 amide bonds.